The normalized spacial score (nSPS) is 22.5. The van der Waals surface area contributed by atoms with E-state index in [-0.39, 0.29) is 11.4 Å². The molecule has 1 saturated heterocycles. The van der Waals surface area contributed by atoms with Crippen LogP contribution in [0.3, 0.4) is 0 Å². The van der Waals surface area contributed by atoms with Crippen LogP contribution >= 0.6 is 0 Å². The summed E-state index contributed by atoms with van der Waals surface area (Å²) in [4.78, 5) is 13.8. The van der Waals surface area contributed by atoms with Crippen molar-refractivity contribution in [3.05, 3.63) is 23.8 Å². The Hall–Kier alpha value is -1.63. The van der Waals surface area contributed by atoms with Gasteiger partial charge in [0, 0.05) is 18.5 Å². The number of sulfone groups is 1. The van der Waals surface area contributed by atoms with Crippen molar-refractivity contribution in [3.8, 4) is 0 Å². The van der Waals surface area contributed by atoms with Crippen molar-refractivity contribution in [2.24, 2.45) is 0 Å². The van der Waals surface area contributed by atoms with Crippen LogP contribution < -0.4 is 5.32 Å². The number of benzene rings is 1. The second kappa shape index (κ2) is 5.87. The summed E-state index contributed by atoms with van der Waals surface area (Å²) >= 11 is 0. The molecule has 0 aliphatic carbocycles. The molecule has 0 spiro atoms. The molecule has 5 nitrogen and oxygen atoms in total. The van der Waals surface area contributed by atoms with Crippen molar-refractivity contribution in [1.29, 1.82) is 0 Å². The molecule has 122 valence electrons. The number of piperidine rings is 1. The highest BCUT2D eigenvalue weighted by Gasteiger charge is 2.32. The van der Waals surface area contributed by atoms with Gasteiger partial charge >= 0.3 is 6.03 Å². The SMILES string of the molecule is Cc1ccc(NC(=O)N2CCCC(C)(F)C2)cc1S(C)(=O)=O. The monoisotopic (exact) mass is 328 g/mol. The van der Waals surface area contributed by atoms with Gasteiger partial charge in [-0.3, -0.25) is 0 Å². The van der Waals surface area contributed by atoms with Crippen molar-refractivity contribution >= 4 is 21.6 Å². The van der Waals surface area contributed by atoms with Gasteiger partial charge < -0.3 is 10.2 Å². The molecule has 0 bridgehead atoms. The molecule has 1 fully saturated rings. The number of rotatable bonds is 2. The molecule has 1 N–H and O–H groups in total. The Labute approximate surface area is 130 Å². The molecule has 7 heteroatoms. The van der Waals surface area contributed by atoms with E-state index in [4.69, 9.17) is 0 Å². The van der Waals surface area contributed by atoms with E-state index in [1.165, 1.54) is 17.9 Å². The summed E-state index contributed by atoms with van der Waals surface area (Å²) in [5.41, 5.74) is -0.363. The molecule has 1 aromatic rings. The lowest BCUT2D eigenvalue weighted by Gasteiger charge is -2.35. The molecule has 2 rings (SSSR count). The minimum atomic E-state index is -3.36. The fourth-order valence-corrected chi connectivity index (χ4v) is 3.64. The molecule has 1 aliphatic heterocycles. The van der Waals surface area contributed by atoms with Crippen molar-refractivity contribution in [1.82, 2.24) is 4.90 Å². The summed E-state index contributed by atoms with van der Waals surface area (Å²) in [6.07, 6.45) is 2.18. The van der Waals surface area contributed by atoms with Gasteiger partial charge in [0.05, 0.1) is 11.4 Å². The lowest BCUT2D eigenvalue weighted by atomic mass is 9.97. The van der Waals surface area contributed by atoms with E-state index in [9.17, 15) is 17.6 Å². The smallest absolute Gasteiger partial charge is 0.321 e. The molecule has 1 atom stereocenters. The van der Waals surface area contributed by atoms with E-state index in [0.717, 1.165) is 6.26 Å². The largest absolute Gasteiger partial charge is 0.321 e. The summed E-state index contributed by atoms with van der Waals surface area (Å²) in [6, 6.07) is 4.30. The number of amides is 2. The van der Waals surface area contributed by atoms with Crippen molar-refractivity contribution < 1.29 is 17.6 Å². The van der Waals surface area contributed by atoms with E-state index < -0.39 is 21.5 Å². The van der Waals surface area contributed by atoms with Crippen LogP contribution in [-0.2, 0) is 9.84 Å². The van der Waals surface area contributed by atoms with Gasteiger partial charge in [0.25, 0.3) is 0 Å². The zero-order chi connectivity index (χ0) is 16.5. The Balaban J connectivity index is 2.16. The molecular formula is C15H21FN2O3S. The van der Waals surface area contributed by atoms with Crippen LogP contribution in [0.4, 0.5) is 14.9 Å². The first-order valence-corrected chi connectivity index (χ1v) is 9.03. The molecule has 0 aromatic heterocycles. The van der Waals surface area contributed by atoms with E-state index in [0.29, 0.717) is 30.6 Å². The maximum atomic E-state index is 14.0. The zero-order valence-electron chi connectivity index (χ0n) is 13.0. The highest BCUT2D eigenvalue weighted by atomic mass is 32.2. The van der Waals surface area contributed by atoms with E-state index >= 15 is 0 Å². The summed E-state index contributed by atoms with van der Waals surface area (Å²) in [7, 11) is -3.36. The number of nitrogens with zero attached hydrogens (tertiary/aromatic N) is 1. The number of alkyl halides is 1. The lowest BCUT2D eigenvalue weighted by Crippen LogP contribution is -2.47. The van der Waals surface area contributed by atoms with E-state index in [2.05, 4.69) is 5.32 Å². The minimum absolute atomic E-state index is 0.0453. The summed E-state index contributed by atoms with van der Waals surface area (Å²) in [5, 5.41) is 2.64. The Morgan fingerprint density at radius 3 is 2.68 bits per heavy atom. The molecule has 22 heavy (non-hydrogen) atoms. The maximum Gasteiger partial charge on any atom is 0.321 e. The second-order valence-electron chi connectivity index (χ2n) is 6.12. The number of aryl methyl sites for hydroxylation is 1. The van der Waals surface area contributed by atoms with E-state index in [1.54, 1.807) is 19.1 Å². The molecule has 0 saturated carbocycles. The average Bonchev–Trinajstić information content (AvgIpc) is 2.38. The number of halogens is 1. The molecular weight excluding hydrogens is 307 g/mol. The number of carbonyl (C=O) groups excluding carboxylic acids is 1. The average molecular weight is 328 g/mol. The quantitative estimate of drug-likeness (QED) is 0.908. The maximum absolute atomic E-state index is 14.0. The van der Waals surface area contributed by atoms with Crippen LogP contribution in [0.5, 0.6) is 0 Å². The number of urea groups is 1. The Bertz CT molecular complexity index is 686. The van der Waals surface area contributed by atoms with Gasteiger partial charge in [-0.05, 0) is 44.4 Å². The molecule has 2 amide bonds. The lowest BCUT2D eigenvalue weighted by molar-refractivity contribution is 0.0808. The highest BCUT2D eigenvalue weighted by Crippen LogP contribution is 2.25. The Kier molecular flexibility index (Phi) is 4.47. The van der Waals surface area contributed by atoms with Crippen LogP contribution in [0.15, 0.2) is 23.1 Å². The third kappa shape index (κ3) is 3.97. The molecule has 0 radical (unpaired) electrons. The number of anilines is 1. The second-order valence-corrected chi connectivity index (χ2v) is 8.11. The highest BCUT2D eigenvalue weighted by molar-refractivity contribution is 7.90. The van der Waals surface area contributed by atoms with Gasteiger partial charge in [-0.2, -0.15) is 0 Å². The first-order valence-electron chi connectivity index (χ1n) is 7.14. The molecule has 1 heterocycles. The fourth-order valence-electron chi connectivity index (χ4n) is 2.65. The van der Waals surface area contributed by atoms with Crippen molar-refractivity contribution in [2.75, 3.05) is 24.7 Å². The predicted molar refractivity (Wildman–Crippen MR) is 83.6 cm³/mol. The number of nitrogens with one attached hydrogen (secondary N) is 1. The van der Waals surface area contributed by atoms with Gasteiger partial charge in [-0.25, -0.2) is 17.6 Å². The van der Waals surface area contributed by atoms with Gasteiger partial charge in [-0.1, -0.05) is 6.07 Å². The predicted octanol–water partition coefficient (Wildman–Crippen LogP) is 2.75. The number of likely N-dealkylation sites (tertiary alicyclic amines) is 1. The van der Waals surface area contributed by atoms with E-state index in [1.807, 2.05) is 0 Å². The van der Waals surface area contributed by atoms with Crippen LogP contribution in [0.25, 0.3) is 0 Å². The Morgan fingerprint density at radius 1 is 1.41 bits per heavy atom. The topological polar surface area (TPSA) is 66.5 Å². The standard InChI is InChI=1S/C15H21FN2O3S/c1-11-5-6-12(9-13(11)22(3,20)21)17-14(19)18-8-4-7-15(2,16)10-18/h5-6,9H,4,7-8,10H2,1-3H3,(H,17,19). The van der Waals surface area contributed by atoms with Crippen molar-refractivity contribution in [3.63, 3.8) is 0 Å². The summed E-state index contributed by atoms with van der Waals surface area (Å²) in [5.74, 6) is 0. The number of carbonyl (C=O) groups is 1. The fraction of sp³-hybridized carbons (Fsp3) is 0.533. The van der Waals surface area contributed by atoms with Gasteiger partial charge in [0.15, 0.2) is 9.84 Å². The summed E-state index contributed by atoms with van der Waals surface area (Å²) in [6.45, 7) is 3.72. The molecule has 1 aliphatic rings. The van der Waals surface area contributed by atoms with Gasteiger partial charge in [-0.15, -0.1) is 0 Å². The first kappa shape index (κ1) is 16.7. The molecule has 1 aromatic carbocycles. The zero-order valence-corrected chi connectivity index (χ0v) is 13.8. The van der Waals surface area contributed by atoms with Gasteiger partial charge in [0.1, 0.15) is 5.67 Å². The van der Waals surface area contributed by atoms with Gasteiger partial charge in [0.2, 0.25) is 0 Å². The van der Waals surface area contributed by atoms with Crippen LogP contribution in [0, 0.1) is 6.92 Å². The summed E-state index contributed by atoms with van der Waals surface area (Å²) < 4.78 is 37.4. The third-order valence-electron chi connectivity index (χ3n) is 3.77. The van der Waals surface area contributed by atoms with Crippen molar-refractivity contribution in [2.45, 2.75) is 37.3 Å². The molecule has 1 unspecified atom stereocenters. The van der Waals surface area contributed by atoms with Crippen LogP contribution in [0.2, 0.25) is 0 Å². The Morgan fingerprint density at radius 2 is 2.09 bits per heavy atom. The first-order chi connectivity index (χ1) is 10.1. The number of hydrogen-bond acceptors (Lipinski definition) is 3. The van der Waals surface area contributed by atoms with Crippen LogP contribution in [-0.4, -0.2) is 44.4 Å². The number of hydrogen-bond donors (Lipinski definition) is 1. The van der Waals surface area contributed by atoms with Crippen LogP contribution in [0.1, 0.15) is 25.3 Å². The minimum Gasteiger partial charge on any atom is -0.321 e. The third-order valence-corrected chi connectivity index (χ3v) is 5.01.